The van der Waals surface area contributed by atoms with Gasteiger partial charge in [-0.3, -0.25) is 0 Å². The van der Waals surface area contributed by atoms with E-state index in [1.807, 2.05) is 11.0 Å². The predicted molar refractivity (Wildman–Crippen MR) is 83.9 cm³/mol. The summed E-state index contributed by atoms with van der Waals surface area (Å²) in [6, 6.07) is 5.05. The molecular formula is C15H23FN2O2S. The number of sulfone groups is 1. The first-order chi connectivity index (χ1) is 10.0. The second-order valence-electron chi connectivity index (χ2n) is 5.42. The lowest BCUT2D eigenvalue weighted by Crippen LogP contribution is -2.29. The largest absolute Gasteiger partial charge is 0.368 e. The van der Waals surface area contributed by atoms with E-state index >= 15 is 0 Å². The van der Waals surface area contributed by atoms with Gasteiger partial charge in [0.25, 0.3) is 0 Å². The molecule has 1 aliphatic rings. The highest BCUT2D eigenvalue weighted by Crippen LogP contribution is 2.26. The summed E-state index contributed by atoms with van der Waals surface area (Å²) in [6.07, 6.45) is 1.57. The highest BCUT2D eigenvalue weighted by atomic mass is 32.2. The van der Waals surface area contributed by atoms with E-state index in [2.05, 4.69) is 12.2 Å². The van der Waals surface area contributed by atoms with Gasteiger partial charge in [-0.1, -0.05) is 19.1 Å². The Labute approximate surface area is 126 Å². The van der Waals surface area contributed by atoms with Crippen LogP contribution in [0.1, 0.15) is 25.3 Å². The van der Waals surface area contributed by atoms with E-state index in [-0.39, 0.29) is 17.3 Å². The third-order valence-electron chi connectivity index (χ3n) is 3.68. The average molecular weight is 314 g/mol. The summed E-state index contributed by atoms with van der Waals surface area (Å²) in [5.74, 6) is 0.0231. The molecule has 1 heterocycles. The fourth-order valence-corrected chi connectivity index (χ4v) is 3.89. The molecule has 0 spiro atoms. The van der Waals surface area contributed by atoms with E-state index in [0.717, 1.165) is 18.5 Å². The second kappa shape index (κ2) is 7.22. The Bertz CT molecular complexity index is 575. The molecule has 0 amide bonds. The SMILES string of the molecule is CCCNCc1cccc(F)c1N1CCCS(=O)(=O)CC1. The smallest absolute Gasteiger partial charge is 0.152 e. The van der Waals surface area contributed by atoms with Gasteiger partial charge in [-0.2, -0.15) is 0 Å². The quantitative estimate of drug-likeness (QED) is 0.844. The lowest BCUT2D eigenvalue weighted by atomic mass is 10.1. The van der Waals surface area contributed by atoms with Crippen molar-refractivity contribution in [3.8, 4) is 0 Å². The number of hydrogen-bond acceptors (Lipinski definition) is 4. The van der Waals surface area contributed by atoms with E-state index < -0.39 is 9.84 Å². The summed E-state index contributed by atoms with van der Waals surface area (Å²) in [5.41, 5.74) is 1.45. The van der Waals surface area contributed by atoms with E-state index in [9.17, 15) is 12.8 Å². The lowest BCUT2D eigenvalue weighted by Gasteiger charge is -2.25. The highest BCUT2D eigenvalue weighted by Gasteiger charge is 2.22. The van der Waals surface area contributed by atoms with Crippen LogP contribution in [0.25, 0.3) is 0 Å². The van der Waals surface area contributed by atoms with Crippen molar-refractivity contribution in [3.05, 3.63) is 29.6 Å². The zero-order valence-corrected chi connectivity index (χ0v) is 13.3. The van der Waals surface area contributed by atoms with Crippen LogP contribution < -0.4 is 10.2 Å². The lowest BCUT2D eigenvalue weighted by molar-refractivity contribution is 0.596. The fraction of sp³-hybridized carbons (Fsp3) is 0.600. The maximum atomic E-state index is 14.3. The van der Waals surface area contributed by atoms with Crippen LogP contribution in [0.2, 0.25) is 0 Å². The standard InChI is InChI=1S/C15H23FN2O2S/c1-2-7-17-12-13-5-3-6-14(16)15(13)18-8-4-10-21(19,20)11-9-18/h3,5-6,17H,2,4,7-12H2,1H3. The molecule has 0 unspecified atom stereocenters. The summed E-state index contributed by atoms with van der Waals surface area (Å²) in [7, 11) is -2.99. The summed E-state index contributed by atoms with van der Waals surface area (Å²) in [4.78, 5) is 1.88. The molecule has 118 valence electrons. The third-order valence-corrected chi connectivity index (χ3v) is 5.40. The van der Waals surface area contributed by atoms with Crippen molar-refractivity contribution in [3.63, 3.8) is 0 Å². The van der Waals surface area contributed by atoms with Crippen LogP contribution in [0, 0.1) is 5.82 Å². The van der Waals surface area contributed by atoms with Gasteiger partial charge in [-0.15, -0.1) is 0 Å². The summed E-state index contributed by atoms with van der Waals surface area (Å²) in [5, 5.41) is 3.28. The zero-order valence-electron chi connectivity index (χ0n) is 12.4. The van der Waals surface area contributed by atoms with Crippen molar-refractivity contribution < 1.29 is 12.8 Å². The van der Waals surface area contributed by atoms with Crippen LogP contribution >= 0.6 is 0 Å². The minimum atomic E-state index is -2.99. The summed E-state index contributed by atoms with van der Waals surface area (Å²) >= 11 is 0. The molecular weight excluding hydrogens is 291 g/mol. The molecule has 21 heavy (non-hydrogen) atoms. The van der Waals surface area contributed by atoms with Gasteiger partial charge < -0.3 is 10.2 Å². The van der Waals surface area contributed by atoms with Gasteiger partial charge in [0.2, 0.25) is 0 Å². The van der Waals surface area contributed by atoms with Crippen molar-refractivity contribution in [2.75, 3.05) is 36.0 Å². The third kappa shape index (κ3) is 4.41. The molecule has 0 bridgehead atoms. The van der Waals surface area contributed by atoms with Gasteiger partial charge in [0.15, 0.2) is 9.84 Å². The zero-order chi connectivity index (χ0) is 15.3. The molecule has 1 aliphatic heterocycles. The number of benzene rings is 1. The van der Waals surface area contributed by atoms with Crippen LogP contribution in [0.4, 0.5) is 10.1 Å². The molecule has 0 radical (unpaired) electrons. The number of nitrogens with zero attached hydrogens (tertiary/aromatic N) is 1. The first kappa shape index (κ1) is 16.2. The Hall–Kier alpha value is -1.14. The highest BCUT2D eigenvalue weighted by molar-refractivity contribution is 7.91. The molecule has 0 atom stereocenters. The fourth-order valence-electron chi connectivity index (χ4n) is 2.62. The number of nitrogens with one attached hydrogen (secondary N) is 1. The van der Waals surface area contributed by atoms with Gasteiger partial charge in [0.1, 0.15) is 5.82 Å². The molecule has 2 rings (SSSR count). The Morgan fingerprint density at radius 1 is 1.29 bits per heavy atom. The monoisotopic (exact) mass is 314 g/mol. The van der Waals surface area contributed by atoms with E-state index in [1.165, 1.54) is 6.07 Å². The molecule has 0 saturated carbocycles. The van der Waals surface area contributed by atoms with E-state index in [0.29, 0.717) is 31.7 Å². The molecule has 4 nitrogen and oxygen atoms in total. The van der Waals surface area contributed by atoms with E-state index in [1.54, 1.807) is 6.07 Å². The molecule has 1 N–H and O–H groups in total. The number of para-hydroxylation sites is 1. The van der Waals surface area contributed by atoms with Gasteiger partial charge in [-0.25, -0.2) is 12.8 Å². The maximum absolute atomic E-state index is 14.3. The van der Waals surface area contributed by atoms with Crippen molar-refractivity contribution in [2.45, 2.75) is 26.3 Å². The number of rotatable bonds is 5. The van der Waals surface area contributed by atoms with Gasteiger partial charge in [0, 0.05) is 19.6 Å². The number of anilines is 1. The molecule has 1 fully saturated rings. The van der Waals surface area contributed by atoms with Crippen LogP contribution in [-0.2, 0) is 16.4 Å². The first-order valence-electron chi connectivity index (χ1n) is 7.47. The predicted octanol–water partition coefficient (Wildman–Crippen LogP) is 1.95. The molecule has 1 aromatic rings. The molecule has 1 aromatic carbocycles. The molecule has 1 saturated heterocycles. The minimum Gasteiger partial charge on any atom is -0.368 e. The van der Waals surface area contributed by atoms with Gasteiger partial charge >= 0.3 is 0 Å². The second-order valence-corrected chi connectivity index (χ2v) is 7.72. The van der Waals surface area contributed by atoms with Crippen molar-refractivity contribution in [2.24, 2.45) is 0 Å². The van der Waals surface area contributed by atoms with Crippen molar-refractivity contribution >= 4 is 15.5 Å². The number of halogens is 1. The Kier molecular flexibility index (Phi) is 5.58. The topological polar surface area (TPSA) is 49.4 Å². The van der Waals surface area contributed by atoms with Crippen LogP contribution in [0.3, 0.4) is 0 Å². The number of hydrogen-bond donors (Lipinski definition) is 1. The molecule has 0 aliphatic carbocycles. The molecule has 6 heteroatoms. The average Bonchev–Trinajstić information content (AvgIpc) is 2.60. The first-order valence-corrected chi connectivity index (χ1v) is 9.29. The Balaban J connectivity index is 2.21. The van der Waals surface area contributed by atoms with Gasteiger partial charge in [0.05, 0.1) is 17.2 Å². The Morgan fingerprint density at radius 3 is 2.86 bits per heavy atom. The van der Waals surface area contributed by atoms with Gasteiger partial charge in [-0.05, 0) is 31.0 Å². The minimum absolute atomic E-state index is 0.100. The van der Waals surface area contributed by atoms with Crippen LogP contribution in [0.5, 0.6) is 0 Å². The van der Waals surface area contributed by atoms with Crippen molar-refractivity contribution in [1.29, 1.82) is 0 Å². The summed E-state index contributed by atoms with van der Waals surface area (Å²) in [6.45, 7) is 4.51. The van der Waals surface area contributed by atoms with Crippen LogP contribution in [0.15, 0.2) is 18.2 Å². The molecule has 0 aromatic heterocycles. The van der Waals surface area contributed by atoms with Crippen LogP contribution in [-0.4, -0.2) is 39.6 Å². The normalized spacial score (nSPS) is 18.5. The van der Waals surface area contributed by atoms with Crippen molar-refractivity contribution in [1.82, 2.24) is 5.32 Å². The van der Waals surface area contributed by atoms with E-state index in [4.69, 9.17) is 0 Å². The maximum Gasteiger partial charge on any atom is 0.152 e. The summed E-state index contributed by atoms with van der Waals surface area (Å²) < 4.78 is 37.6. The Morgan fingerprint density at radius 2 is 2.10 bits per heavy atom.